The van der Waals surface area contributed by atoms with E-state index >= 15 is 0 Å². The van der Waals surface area contributed by atoms with Crippen LogP contribution in [0, 0.1) is 5.82 Å². The van der Waals surface area contributed by atoms with E-state index in [0.717, 1.165) is 10.9 Å². The van der Waals surface area contributed by atoms with Crippen molar-refractivity contribution >= 4 is 28.4 Å². The Kier molecular flexibility index (Phi) is 4.53. The fourth-order valence-corrected chi connectivity index (χ4v) is 4.26. The molecule has 0 radical (unpaired) electrons. The molecular formula is C24H19FN6O2. The molecule has 2 aromatic carbocycles. The highest BCUT2D eigenvalue weighted by Crippen LogP contribution is 2.29. The van der Waals surface area contributed by atoms with Gasteiger partial charge in [-0.3, -0.25) is 4.79 Å². The number of fused-ring (bicyclic) bond motifs is 3. The van der Waals surface area contributed by atoms with Gasteiger partial charge in [0, 0.05) is 37.1 Å². The second kappa shape index (κ2) is 7.70. The van der Waals surface area contributed by atoms with Gasteiger partial charge in [0.1, 0.15) is 5.82 Å². The molecule has 1 amide bonds. The molecule has 33 heavy (non-hydrogen) atoms. The van der Waals surface area contributed by atoms with Gasteiger partial charge in [-0.25, -0.2) is 13.8 Å². The van der Waals surface area contributed by atoms with Crippen molar-refractivity contribution in [1.82, 2.24) is 24.5 Å². The van der Waals surface area contributed by atoms with Crippen molar-refractivity contribution in [3.05, 3.63) is 78.3 Å². The third kappa shape index (κ3) is 3.29. The van der Waals surface area contributed by atoms with Crippen LogP contribution in [0.1, 0.15) is 10.4 Å². The summed E-state index contributed by atoms with van der Waals surface area (Å²) in [7, 11) is 0. The third-order valence-electron chi connectivity index (χ3n) is 5.89. The average molecular weight is 442 g/mol. The van der Waals surface area contributed by atoms with Crippen LogP contribution in [0.2, 0.25) is 0 Å². The first-order valence-electron chi connectivity index (χ1n) is 10.7. The minimum Gasteiger partial charge on any atom is -0.461 e. The van der Waals surface area contributed by atoms with E-state index in [1.54, 1.807) is 29.4 Å². The molecule has 1 fully saturated rings. The second-order valence-electron chi connectivity index (χ2n) is 7.88. The quantitative estimate of drug-likeness (QED) is 0.425. The Balaban J connectivity index is 1.37. The van der Waals surface area contributed by atoms with Gasteiger partial charge in [-0.05, 0) is 42.5 Å². The molecular weight excluding hydrogens is 423 g/mol. The van der Waals surface area contributed by atoms with E-state index in [1.807, 2.05) is 34.7 Å². The van der Waals surface area contributed by atoms with Crippen LogP contribution in [0.5, 0.6) is 0 Å². The number of para-hydroxylation sites is 1. The van der Waals surface area contributed by atoms with Gasteiger partial charge in [0.15, 0.2) is 11.4 Å². The minimum absolute atomic E-state index is 0.175. The summed E-state index contributed by atoms with van der Waals surface area (Å²) in [5.41, 5.74) is 1.87. The highest BCUT2D eigenvalue weighted by molar-refractivity contribution is 5.95. The average Bonchev–Trinajstić information content (AvgIpc) is 3.53. The summed E-state index contributed by atoms with van der Waals surface area (Å²) < 4.78 is 21.1. The lowest BCUT2D eigenvalue weighted by atomic mass is 10.1. The van der Waals surface area contributed by atoms with Crippen molar-refractivity contribution in [2.45, 2.75) is 0 Å². The summed E-state index contributed by atoms with van der Waals surface area (Å²) in [5.74, 6) is 1.27. The first kappa shape index (κ1) is 19.4. The molecule has 5 aromatic rings. The van der Waals surface area contributed by atoms with Gasteiger partial charge >= 0.3 is 0 Å². The Hall–Kier alpha value is -4.27. The Bertz CT molecular complexity index is 1470. The molecule has 0 aliphatic carbocycles. The number of nitrogens with zero attached hydrogens (tertiary/aromatic N) is 6. The number of hydrogen-bond acceptors (Lipinski definition) is 6. The van der Waals surface area contributed by atoms with Crippen molar-refractivity contribution in [1.29, 1.82) is 0 Å². The Morgan fingerprint density at radius 1 is 0.939 bits per heavy atom. The molecule has 4 heterocycles. The van der Waals surface area contributed by atoms with Crippen molar-refractivity contribution in [2.75, 3.05) is 31.1 Å². The molecule has 164 valence electrons. The number of carbonyl (C=O) groups is 1. The largest absolute Gasteiger partial charge is 0.461 e. The van der Waals surface area contributed by atoms with Crippen LogP contribution >= 0.6 is 0 Å². The van der Waals surface area contributed by atoms with Gasteiger partial charge < -0.3 is 14.2 Å². The van der Waals surface area contributed by atoms with Gasteiger partial charge in [0.05, 0.1) is 11.8 Å². The number of amides is 1. The molecule has 0 saturated carbocycles. The number of carbonyl (C=O) groups excluding carboxylic acids is 1. The molecule has 0 unspecified atom stereocenters. The van der Waals surface area contributed by atoms with Crippen LogP contribution in [0.15, 0.2) is 71.3 Å². The molecule has 1 saturated heterocycles. The van der Waals surface area contributed by atoms with Gasteiger partial charge in [-0.15, -0.1) is 10.2 Å². The zero-order valence-corrected chi connectivity index (χ0v) is 17.6. The third-order valence-corrected chi connectivity index (χ3v) is 5.89. The lowest BCUT2D eigenvalue weighted by molar-refractivity contribution is 0.0745. The Morgan fingerprint density at radius 3 is 2.58 bits per heavy atom. The summed E-state index contributed by atoms with van der Waals surface area (Å²) in [5, 5.41) is 9.72. The predicted octanol–water partition coefficient (Wildman–Crippen LogP) is 3.64. The van der Waals surface area contributed by atoms with Gasteiger partial charge in [0.2, 0.25) is 11.8 Å². The normalized spacial score (nSPS) is 14.3. The van der Waals surface area contributed by atoms with Crippen LogP contribution in [-0.4, -0.2) is 56.6 Å². The second-order valence-corrected chi connectivity index (χ2v) is 7.88. The lowest BCUT2D eigenvalue weighted by Gasteiger charge is -2.35. The molecule has 0 bridgehead atoms. The highest BCUT2D eigenvalue weighted by Gasteiger charge is 2.27. The molecule has 0 spiro atoms. The van der Waals surface area contributed by atoms with Crippen molar-refractivity contribution in [3.63, 3.8) is 0 Å². The van der Waals surface area contributed by atoms with E-state index in [1.165, 1.54) is 12.1 Å². The molecule has 3 aromatic heterocycles. The standard InChI is InChI=1S/C24H19FN6O2/c25-17-6-3-5-16(15-17)23(32)29-10-12-30(13-11-29)24-26-19-8-2-1-7-18(19)21-27-28-22(31(21)24)20-9-4-14-33-20/h1-9,14-15H,10-13H2. The molecule has 6 rings (SSSR count). The van der Waals surface area contributed by atoms with Gasteiger partial charge in [-0.1, -0.05) is 18.2 Å². The maximum Gasteiger partial charge on any atom is 0.254 e. The molecule has 0 N–H and O–H groups in total. The number of halogens is 1. The van der Waals surface area contributed by atoms with Crippen molar-refractivity contribution in [3.8, 4) is 11.6 Å². The van der Waals surface area contributed by atoms with E-state index in [9.17, 15) is 9.18 Å². The van der Waals surface area contributed by atoms with E-state index in [4.69, 9.17) is 9.40 Å². The monoisotopic (exact) mass is 442 g/mol. The number of aromatic nitrogens is 4. The first-order valence-corrected chi connectivity index (χ1v) is 10.7. The number of rotatable bonds is 3. The fourth-order valence-electron chi connectivity index (χ4n) is 4.26. The van der Waals surface area contributed by atoms with E-state index in [2.05, 4.69) is 15.1 Å². The van der Waals surface area contributed by atoms with Crippen molar-refractivity contribution in [2.24, 2.45) is 0 Å². The topological polar surface area (TPSA) is 79.8 Å². The summed E-state index contributed by atoms with van der Waals surface area (Å²) in [6, 6.07) is 17.2. The number of furan rings is 1. The lowest BCUT2D eigenvalue weighted by Crippen LogP contribution is -2.49. The molecule has 8 nitrogen and oxygen atoms in total. The highest BCUT2D eigenvalue weighted by atomic mass is 19.1. The fraction of sp³-hybridized carbons (Fsp3) is 0.167. The SMILES string of the molecule is O=C(c1cccc(F)c1)N1CCN(c2nc3ccccc3c3nnc(-c4ccco4)n23)CC1. The summed E-state index contributed by atoms with van der Waals surface area (Å²) in [6.07, 6.45) is 1.60. The molecule has 1 aliphatic heterocycles. The maximum atomic E-state index is 13.6. The zero-order valence-electron chi connectivity index (χ0n) is 17.6. The summed E-state index contributed by atoms with van der Waals surface area (Å²) in [6.45, 7) is 2.11. The number of piperazine rings is 1. The van der Waals surface area contributed by atoms with Crippen LogP contribution in [0.4, 0.5) is 10.3 Å². The Morgan fingerprint density at radius 2 is 1.79 bits per heavy atom. The zero-order chi connectivity index (χ0) is 22.4. The number of anilines is 1. The summed E-state index contributed by atoms with van der Waals surface area (Å²) >= 11 is 0. The molecule has 0 atom stereocenters. The van der Waals surface area contributed by atoms with Gasteiger partial charge in [0.25, 0.3) is 5.91 Å². The maximum absolute atomic E-state index is 13.6. The Labute approximate surface area is 187 Å². The van der Waals surface area contributed by atoms with E-state index in [0.29, 0.717) is 54.9 Å². The number of hydrogen-bond donors (Lipinski definition) is 0. The first-order chi connectivity index (χ1) is 16.2. The summed E-state index contributed by atoms with van der Waals surface area (Å²) in [4.78, 5) is 21.6. The minimum atomic E-state index is -0.416. The van der Waals surface area contributed by atoms with Gasteiger partial charge in [-0.2, -0.15) is 0 Å². The van der Waals surface area contributed by atoms with E-state index < -0.39 is 5.82 Å². The molecule has 9 heteroatoms. The predicted molar refractivity (Wildman–Crippen MR) is 121 cm³/mol. The number of benzene rings is 2. The van der Waals surface area contributed by atoms with Crippen molar-refractivity contribution < 1.29 is 13.6 Å². The van der Waals surface area contributed by atoms with E-state index in [-0.39, 0.29) is 5.91 Å². The van der Waals surface area contributed by atoms with Crippen LogP contribution in [0.3, 0.4) is 0 Å². The van der Waals surface area contributed by atoms with Crippen LogP contribution in [0.25, 0.3) is 28.1 Å². The van der Waals surface area contributed by atoms with Crippen LogP contribution < -0.4 is 4.90 Å². The molecule has 1 aliphatic rings. The van der Waals surface area contributed by atoms with Crippen LogP contribution in [-0.2, 0) is 0 Å². The smallest absolute Gasteiger partial charge is 0.254 e.